The lowest BCUT2D eigenvalue weighted by atomic mass is 10.0. The van der Waals surface area contributed by atoms with Gasteiger partial charge in [-0.2, -0.15) is 0 Å². The second-order valence-corrected chi connectivity index (χ2v) is 10.7. The van der Waals surface area contributed by atoms with Crippen LogP contribution in [0.2, 0.25) is 5.02 Å². The van der Waals surface area contributed by atoms with E-state index in [1.807, 2.05) is 48.3 Å². The number of amides is 1. The van der Waals surface area contributed by atoms with Crippen LogP contribution in [0.1, 0.15) is 59.9 Å². The number of likely N-dealkylation sites (N-methyl/N-ethyl adjacent to an activating group) is 1. The number of carbonyl (C=O) groups excluding carboxylic acids is 1. The first-order chi connectivity index (χ1) is 18.3. The molecule has 2 aliphatic heterocycles. The summed E-state index contributed by atoms with van der Waals surface area (Å²) in [5, 5.41) is 9.04. The van der Waals surface area contributed by atoms with Gasteiger partial charge in [0.1, 0.15) is 11.9 Å². The first-order valence-electron chi connectivity index (χ1n) is 12.7. The largest absolute Gasteiger partial charge is 0.494 e. The fraction of sp³-hybridized carbons (Fsp3) is 0.357. The van der Waals surface area contributed by atoms with Gasteiger partial charge in [0.05, 0.1) is 24.0 Å². The number of aromatic nitrogens is 5. The summed E-state index contributed by atoms with van der Waals surface area (Å²) in [6, 6.07) is 11.2. The van der Waals surface area contributed by atoms with Crippen molar-refractivity contribution < 1.29 is 9.53 Å². The summed E-state index contributed by atoms with van der Waals surface area (Å²) in [6.45, 7) is 6.11. The minimum Gasteiger partial charge on any atom is -0.494 e. The van der Waals surface area contributed by atoms with E-state index in [2.05, 4.69) is 46.8 Å². The van der Waals surface area contributed by atoms with Crippen LogP contribution < -0.4 is 9.64 Å². The van der Waals surface area contributed by atoms with E-state index in [4.69, 9.17) is 21.3 Å². The van der Waals surface area contributed by atoms with Crippen molar-refractivity contribution in [3.05, 3.63) is 70.3 Å². The van der Waals surface area contributed by atoms with Gasteiger partial charge in [-0.05, 0) is 56.7 Å². The fourth-order valence-electron chi connectivity index (χ4n) is 5.54. The molecular weight excluding hydrogens is 502 g/mol. The summed E-state index contributed by atoms with van der Waals surface area (Å²) in [7, 11) is 5.54. The van der Waals surface area contributed by atoms with Crippen LogP contribution in [-0.4, -0.2) is 62.6 Å². The molecule has 38 heavy (non-hydrogen) atoms. The second-order valence-electron chi connectivity index (χ2n) is 10.2. The lowest BCUT2D eigenvalue weighted by Gasteiger charge is -2.29. The number of aryl methyl sites for hydroxylation is 1. The summed E-state index contributed by atoms with van der Waals surface area (Å²) in [6.07, 6.45) is 3.12. The van der Waals surface area contributed by atoms with E-state index in [1.54, 1.807) is 11.8 Å². The molecule has 2 aromatic heterocycles. The van der Waals surface area contributed by atoms with E-state index < -0.39 is 6.04 Å². The molecule has 2 aliphatic rings. The SMILES string of the molecule is COc1cc(N2C(=O)c3nc(C4=CCN(C)CC4)n(C(C)C)c3C2c2ccc(Cl)cc2)cc2c1nnn2C. The highest BCUT2D eigenvalue weighted by Gasteiger charge is 2.45. The maximum atomic E-state index is 14.2. The van der Waals surface area contributed by atoms with E-state index in [1.165, 1.54) is 5.57 Å². The van der Waals surface area contributed by atoms with Gasteiger partial charge in [-0.1, -0.05) is 35.0 Å². The molecule has 4 aromatic rings. The molecular formula is C28H30ClN7O2. The Hall–Kier alpha value is -3.69. The van der Waals surface area contributed by atoms with E-state index in [-0.39, 0.29) is 11.9 Å². The number of fused-ring (bicyclic) bond motifs is 2. The van der Waals surface area contributed by atoms with Crippen LogP contribution in [0.5, 0.6) is 5.75 Å². The number of nitrogens with zero attached hydrogens (tertiary/aromatic N) is 7. The average Bonchev–Trinajstić information content (AvgIpc) is 3.56. The third kappa shape index (κ3) is 3.80. The molecule has 0 aliphatic carbocycles. The van der Waals surface area contributed by atoms with Crippen molar-refractivity contribution in [3.8, 4) is 5.75 Å². The number of halogens is 1. The van der Waals surface area contributed by atoms with Gasteiger partial charge in [0.2, 0.25) is 0 Å². The third-order valence-corrected chi connectivity index (χ3v) is 7.71. The summed E-state index contributed by atoms with van der Waals surface area (Å²) < 4.78 is 9.58. The second kappa shape index (κ2) is 9.25. The summed E-state index contributed by atoms with van der Waals surface area (Å²) in [4.78, 5) is 23.4. The molecule has 10 heteroatoms. The Balaban J connectivity index is 1.58. The molecule has 1 unspecified atom stereocenters. The molecule has 1 atom stereocenters. The lowest BCUT2D eigenvalue weighted by molar-refractivity contribution is 0.0989. The van der Waals surface area contributed by atoms with Gasteiger partial charge in [-0.25, -0.2) is 9.67 Å². The minimum absolute atomic E-state index is 0.0997. The molecule has 2 aromatic carbocycles. The standard InChI is InChI=1S/C28H30ClN7O2/c1-16(2)35-26-24(30-27(35)18-10-12-33(3)13-11-18)28(37)36(25(26)17-6-8-19(29)9-7-17)20-14-21-23(22(15-20)38-5)31-32-34(21)4/h6-10,14-16,25H,11-13H2,1-5H3. The predicted molar refractivity (Wildman–Crippen MR) is 148 cm³/mol. The van der Waals surface area contributed by atoms with Gasteiger partial charge in [0, 0.05) is 37.3 Å². The average molecular weight is 532 g/mol. The summed E-state index contributed by atoms with van der Waals surface area (Å²) in [5.41, 5.74) is 5.62. The van der Waals surface area contributed by atoms with Crippen molar-refractivity contribution in [3.63, 3.8) is 0 Å². The highest BCUT2D eigenvalue weighted by Crippen LogP contribution is 2.46. The highest BCUT2D eigenvalue weighted by molar-refractivity contribution is 6.30. The van der Waals surface area contributed by atoms with E-state index in [0.29, 0.717) is 27.7 Å². The molecule has 1 amide bonds. The van der Waals surface area contributed by atoms with Crippen LogP contribution in [0, 0.1) is 0 Å². The van der Waals surface area contributed by atoms with E-state index in [9.17, 15) is 4.79 Å². The van der Waals surface area contributed by atoms with Crippen LogP contribution in [0.4, 0.5) is 5.69 Å². The van der Waals surface area contributed by atoms with Gasteiger partial charge >= 0.3 is 0 Å². The first-order valence-corrected chi connectivity index (χ1v) is 13.1. The predicted octanol–water partition coefficient (Wildman–Crippen LogP) is 4.88. The maximum Gasteiger partial charge on any atom is 0.279 e. The molecule has 0 saturated carbocycles. The molecule has 4 heterocycles. The molecule has 0 saturated heterocycles. The molecule has 9 nitrogen and oxygen atoms in total. The zero-order valence-electron chi connectivity index (χ0n) is 22.1. The highest BCUT2D eigenvalue weighted by atomic mass is 35.5. The number of hydrogen-bond acceptors (Lipinski definition) is 6. The Kier molecular flexibility index (Phi) is 6.00. The zero-order valence-corrected chi connectivity index (χ0v) is 22.9. The lowest BCUT2D eigenvalue weighted by Crippen LogP contribution is -2.31. The molecule has 0 radical (unpaired) electrons. The quantitative estimate of drug-likeness (QED) is 0.365. The van der Waals surface area contributed by atoms with E-state index >= 15 is 0 Å². The van der Waals surface area contributed by atoms with Crippen LogP contribution in [-0.2, 0) is 7.05 Å². The van der Waals surface area contributed by atoms with Crippen molar-refractivity contribution in [2.75, 3.05) is 32.1 Å². The first kappa shape index (κ1) is 24.6. The minimum atomic E-state index is -0.395. The third-order valence-electron chi connectivity index (χ3n) is 7.45. The Labute approximate surface area is 226 Å². The van der Waals surface area contributed by atoms with Crippen LogP contribution >= 0.6 is 11.6 Å². The van der Waals surface area contributed by atoms with Crippen molar-refractivity contribution in [1.82, 2.24) is 29.4 Å². The van der Waals surface area contributed by atoms with Crippen molar-refractivity contribution in [2.24, 2.45) is 7.05 Å². The van der Waals surface area contributed by atoms with Gasteiger partial charge in [0.15, 0.2) is 17.0 Å². The Bertz CT molecular complexity index is 1580. The summed E-state index contributed by atoms with van der Waals surface area (Å²) in [5.74, 6) is 1.29. The monoisotopic (exact) mass is 531 g/mol. The Morgan fingerprint density at radius 2 is 1.89 bits per heavy atom. The van der Waals surface area contributed by atoms with Crippen LogP contribution in [0.3, 0.4) is 0 Å². The number of imidazole rings is 1. The fourth-order valence-corrected chi connectivity index (χ4v) is 5.67. The van der Waals surface area contributed by atoms with Crippen LogP contribution in [0.25, 0.3) is 16.6 Å². The number of anilines is 1. The molecule has 0 fully saturated rings. The maximum absolute atomic E-state index is 14.2. The number of carbonyl (C=O) groups is 1. The number of benzene rings is 2. The van der Waals surface area contributed by atoms with Gasteiger partial charge in [-0.15, -0.1) is 5.10 Å². The molecule has 0 spiro atoms. The summed E-state index contributed by atoms with van der Waals surface area (Å²) >= 11 is 6.27. The van der Waals surface area contributed by atoms with Crippen LogP contribution in [0.15, 0.2) is 42.5 Å². The Morgan fingerprint density at radius 3 is 2.55 bits per heavy atom. The van der Waals surface area contributed by atoms with E-state index in [0.717, 1.165) is 42.1 Å². The number of rotatable bonds is 5. The number of ether oxygens (including phenoxy) is 1. The van der Waals surface area contributed by atoms with Crippen molar-refractivity contribution >= 4 is 39.8 Å². The molecule has 196 valence electrons. The smallest absolute Gasteiger partial charge is 0.279 e. The number of hydrogen-bond donors (Lipinski definition) is 0. The van der Waals surface area contributed by atoms with Gasteiger partial charge in [-0.3, -0.25) is 9.69 Å². The molecule has 0 bridgehead atoms. The molecule has 6 rings (SSSR count). The zero-order chi connectivity index (χ0) is 26.7. The topological polar surface area (TPSA) is 81.3 Å². The van der Waals surface area contributed by atoms with Crippen molar-refractivity contribution in [2.45, 2.75) is 32.4 Å². The van der Waals surface area contributed by atoms with Crippen molar-refractivity contribution in [1.29, 1.82) is 0 Å². The normalized spacial score (nSPS) is 18.0. The molecule has 0 N–H and O–H groups in total. The van der Waals surface area contributed by atoms with Gasteiger partial charge in [0.25, 0.3) is 5.91 Å². The number of methoxy groups -OCH3 is 1. The Morgan fingerprint density at radius 1 is 1.13 bits per heavy atom. The van der Waals surface area contributed by atoms with Gasteiger partial charge < -0.3 is 14.2 Å².